The number of amides is 2. The molecule has 2 bridgehead atoms. The maximum atomic E-state index is 11.2. The van der Waals surface area contributed by atoms with Crippen molar-refractivity contribution in [3.05, 3.63) is 0 Å². The molecule has 1 aliphatic carbocycles. The lowest BCUT2D eigenvalue weighted by molar-refractivity contribution is -0.152. The summed E-state index contributed by atoms with van der Waals surface area (Å²) in [6.07, 6.45) is 1.35. The number of hydrogen-bond acceptors (Lipinski definition) is 3. The minimum atomic E-state index is -0.418. The van der Waals surface area contributed by atoms with Crippen LogP contribution in [0.4, 0.5) is 0 Å². The molecular formula is C7H10N2O2. The van der Waals surface area contributed by atoms with E-state index in [0.29, 0.717) is 12.8 Å². The van der Waals surface area contributed by atoms with Crippen LogP contribution in [0.5, 0.6) is 0 Å². The van der Waals surface area contributed by atoms with E-state index >= 15 is 0 Å². The number of imide groups is 1. The number of carbonyl (C=O) groups is 2. The monoisotopic (exact) mass is 154 g/mol. The Kier molecular flexibility index (Phi) is 1.12. The molecule has 0 aromatic rings. The van der Waals surface area contributed by atoms with Crippen LogP contribution in [-0.4, -0.2) is 24.4 Å². The van der Waals surface area contributed by atoms with E-state index < -0.39 is 5.54 Å². The van der Waals surface area contributed by atoms with Gasteiger partial charge >= 0.3 is 0 Å². The Hall–Kier alpha value is -0.900. The Balaban J connectivity index is 2.23. The lowest BCUT2D eigenvalue weighted by atomic mass is 9.64. The summed E-state index contributed by atoms with van der Waals surface area (Å²) in [5.74, 6) is -0.195. The van der Waals surface area contributed by atoms with Gasteiger partial charge in [0.1, 0.15) is 0 Å². The van der Waals surface area contributed by atoms with E-state index in [4.69, 9.17) is 0 Å². The average Bonchev–Trinajstić information content (AvgIpc) is 1.84. The molecule has 3 fully saturated rings. The molecule has 0 unspecified atom stereocenters. The SMILES string of the molecule is CNC12CC(C1)C(=O)NC2=O. The second-order valence-corrected chi connectivity index (χ2v) is 3.26. The third-order valence-electron chi connectivity index (χ3n) is 2.71. The van der Waals surface area contributed by atoms with Crippen LogP contribution in [0, 0.1) is 5.92 Å². The normalized spacial score (nSPS) is 41.4. The Bertz CT molecular complexity index is 231. The van der Waals surface area contributed by atoms with Gasteiger partial charge in [0.25, 0.3) is 0 Å². The smallest absolute Gasteiger partial charge is 0.246 e. The van der Waals surface area contributed by atoms with Crippen LogP contribution >= 0.6 is 0 Å². The Morgan fingerprint density at radius 3 is 2.64 bits per heavy atom. The molecule has 60 valence electrons. The Morgan fingerprint density at radius 1 is 1.55 bits per heavy atom. The van der Waals surface area contributed by atoms with Crippen LogP contribution < -0.4 is 10.6 Å². The Morgan fingerprint density at radius 2 is 2.18 bits per heavy atom. The molecule has 2 saturated heterocycles. The van der Waals surface area contributed by atoms with Gasteiger partial charge in [-0.15, -0.1) is 0 Å². The van der Waals surface area contributed by atoms with Crippen molar-refractivity contribution in [3.63, 3.8) is 0 Å². The van der Waals surface area contributed by atoms with Gasteiger partial charge in [0.2, 0.25) is 11.8 Å². The van der Waals surface area contributed by atoms with Gasteiger partial charge in [-0.3, -0.25) is 14.9 Å². The van der Waals surface area contributed by atoms with E-state index in [2.05, 4.69) is 10.6 Å². The zero-order valence-electron chi connectivity index (χ0n) is 6.31. The lowest BCUT2D eigenvalue weighted by Crippen LogP contribution is -2.71. The first kappa shape index (κ1) is 6.79. The van der Waals surface area contributed by atoms with Gasteiger partial charge < -0.3 is 5.32 Å². The van der Waals surface area contributed by atoms with Crippen molar-refractivity contribution in [3.8, 4) is 0 Å². The van der Waals surface area contributed by atoms with Gasteiger partial charge in [0.15, 0.2) is 0 Å². The standard InChI is InChI=1S/C7H10N2O2/c1-8-7-2-4(3-7)5(10)9-6(7)11/h4,8H,2-3H2,1H3,(H,9,10,11). The van der Waals surface area contributed by atoms with Gasteiger partial charge in [-0.25, -0.2) is 0 Å². The summed E-state index contributed by atoms with van der Waals surface area (Å²) in [5.41, 5.74) is -0.418. The average molecular weight is 154 g/mol. The van der Waals surface area contributed by atoms with Gasteiger partial charge in [0.05, 0.1) is 5.54 Å². The van der Waals surface area contributed by atoms with E-state index in [1.54, 1.807) is 7.05 Å². The predicted molar refractivity (Wildman–Crippen MR) is 37.7 cm³/mol. The zero-order valence-corrected chi connectivity index (χ0v) is 6.31. The van der Waals surface area contributed by atoms with E-state index in [9.17, 15) is 9.59 Å². The number of carbonyl (C=O) groups excluding carboxylic acids is 2. The molecule has 2 N–H and O–H groups in total. The summed E-state index contributed by atoms with van der Waals surface area (Å²) >= 11 is 0. The molecule has 2 heterocycles. The highest BCUT2D eigenvalue weighted by molar-refractivity contribution is 6.07. The molecule has 1 saturated carbocycles. The highest BCUT2D eigenvalue weighted by Gasteiger charge is 2.56. The highest BCUT2D eigenvalue weighted by Crippen LogP contribution is 2.41. The zero-order chi connectivity index (χ0) is 8.06. The molecule has 4 nitrogen and oxygen atoms in total. The third-order valence-corrected chi connectivity index (χ3v) is 2.71. The van der Waals surface area contributed by atoms with Crippen molar-refractivity contribution < 1.29 is 9.59 Å². The molecular weight excluding hydrogens is 144 g/mol. The van der Waals surface area contributed by atoms with Crippen molar-refractivity contribution >= 4 is 11.8 Å². The third kappa shape index (κ3) is 0.673. The van der Waals surface area contributed by atoms with Crippen LogP contribution in [0.3, 0.4) is 0 Å². The van der Waals surface area contributed by atoms with Gasteiger partial charge in [-0.1, -0.05) is 0 Å². The summed E-state index contributed by atoms with van der Waals surface area (Å²) in [4.78, 5) is 22.1. The molecule has 0 atom stereocenters. The molecule has 11 heavy (non-hydrogen) atoms. The second kappa shape index (κ2) is 1.82. The van der Waals surface area contributed by atoms with Crippen LogP contribution in [0.15, 0.2) is 0 Å². The molecule has 4 heteroatoms. The fourth-order valence-electron chi connectivity index (χ4n) is 1.80. The van der Waals surface area contributed by atoms with Crippen LogP contribution in [0.1, 0.15) is 12.8 Å². The maximum Gasteiger partial charge on any atom is 0.246 e. The van der Waals surface area contributed by atoms with E-state index in [1.165, 1.54) is 0 Å². The first-order chi connectivity index (χ1) is 5.18. The van der Waals surface area contributed by atoms with Gasteiger partial charge in [0, 0.05) is 5.92 Å². The maximum absolute atomic E-state index is 11.2. The first-order valence-corrected chi connectivity index (χ1v) is 3.72. The fraction of sp³-hybridized carbons (Fsp3) is 0.714. The van der Waals surface area contributed by atoms with Crippen molar-refractivity contribution in [2.75, 3.05) is 7.05 Å². The number of nitrogens with one attached hydrogen (secondary N) is 2. The number of likely N-dealkylation sites (N-methyl/N-ethyl adjacent to an activating group) is 1. The molecule has 0 aromatic heterocycles. The molecule has 2 amide bonds. The molecule has 0 radical (unpaired) electrons. The molecule has 0 spiro atoms. The highest BCUT2D eigenvalue weighted by atomic mass is 16.2. The largest absolute Gasteiger partial charge is 0.306 e. The predicted octanol–water partition coefficient (Wildman–Crippen LogP) is -0.989. The van der Waals surface area contributed by atoms with E-state index in [1.807, 2.05) is 0 Å². The number of piperidine rings is 2. The van der Waals surface area contributed by atoms with Crippen molar-refractivity contribution in [1.29, 1.82) is 0 Å². The molecule has 0 aromatic carbocycles. The summed E-state index contributed by atoms with van der Waals surface area (Å²) < 4.78 is 0. The summed E-state index contributed by atoms with van der Waals surface area (Å²) in [5, 5.41) is 5.28. The molecule has 3 rings (SSSR count). The van der Waals surface area contributed by atoms with Gasteiger partial charge in [-0.05, 0) is 19.9 Å². The van der Waals surface area contributed by atoms with E-state index in [0.717, 1.165) is 0 Å². The minimum absolute atomic E-state index is 0.0696. The van der Waals surface area contributed by atoms with Crippen LogP contribution in [0.2, 0.25) is 0 Å². The number of fused-ring (bicyclic) bond motifs is 2. The van der Waals surface area contributed by atoms with Gasteiger partial charge in [-0.2, -0.15) is 0 Å². The minimum Gasteiger partial charge on any atom is -0.306 e. The van der Waals surface area contributed by atoms with Crippen molar-refractivity contribution in [1.82, 2.24) is 10.6 Å². The summed E-state index contributed by atoms with van der Waals surface area (Å²) in [7, 11) is 1.76. The summed E-state index contributed by atoms with van der Waals surface area (Å²) in [6.45, 7) is 0. The topological polar surface area (TPSA) is 58.2 Å². The lowest BCUT2D eigenvalue weighted by Gasteiger charge is -2.49. The van der Waals surface area contributed by atoms with E-state index in [-0.39, 0.29) is 17.7 Å². The van der Waals surface area contributed by atoms with Crippen molar-refractivity contribution in [2.45, 2.75) is 18.4 Å². The Labute approximate surface area is 64.3 Å². The molecule has 3 aliphatic rings. The number of hydrogen-bond donors (Lipinski definition) is 2. The first-order valence-electron chi connectivity index (χ1n) is 3.72. The van der Waals surface area contributed by atoms with Crippen LogP contribution in [-0.2, 0) is 9.59 Å². The second-order valence-electron chi connectivity index (χ2n) is 3.26. The van der Waals surface area contributed by atoms with Crippen molar-refractivity contribution in [2.24, 2.45) is 5.92 Å². The van der Waals surface area contributed by atoms with Crippen LogP contribution in [0.25, 0.3) is 0 Å². The fourth-order valence-corrected chi connectivity index (χ4v) is 1.80. The number of rotatable bonds is 1. The molecule has 2 aliphatic heterocycles. The summed E-state index contributed by atoms with van der Waals surface area (Å²) in [6, 6.07) is 0. The quantitative estimate of drug-likeness (QED) is 0.477.